The van der Waals surface area contributed by atoms with E-state index in [1.165, 1.54) is 43.7 Å². The van der Waals surface area contributed by atoms with Gasteiger partial charge in [-0.05, 0) is 72.1 Å². The molecule has 1 atom stereocenters. The minimum Gasteiger partial charge on any atom is -0.438 e. The molecule has 1 unspecified atom stereocenters. The van der Waals surface area contributed by atoms with E-state index in [4.69, 9.17) is 4.42 Å². The molecule has 0 radical (unpaired) electrons. The van der Waals surface area contributed by atoms with E-state index in [1.54, 1.807) is 0 Å². The maximum Gasteiger partial charge on any atom is 0.236 e. The van der Waals surface area contributed by atoms with Crippen molar-refractivity contribution in [2.45, 2.75) is 12.5 Å². The molecule has 0 fully saturated rings. The van der Waals surface area contributed by atoms with Crippen LogP contribution in [0.25, 0.3) is 93.8 Å². The number of aromatic nitrogens is 4. The lowest BCUT2D eigenvalue weighted by Crippen LogP contribution is -2.06. The molecule has 4 heterocycles. The second-order valence-corrected chi connectivity index (χ2v) is 13.7. The van der Waals surface area contributed by atoms with Crippen molar-refractivity contribution in [2.24, 2.45) is 0 Å². The van der Waals surface area contributed by atoms with Crippen LogP contribution in [0.2, 0.25) is 0 Å². The first-order chi connectivity index (χ1) is 26.2. The number of allylic oxidation sites excluding steroid dienone is 4. The van der Waals surface area contributed by atoms with Gasteiger partial charge in [-0.1, -0.05) is 103 Å². The molecule has 0 bridgehead atoms. The predicted octanol–water partition coefficient (Wildman–Crippen LogP) is 11.8. The van der Waals surface area contributed by atoms with Gasteiger partial charge in [-0.2, -0.15) is 10.2 Å². The van der Waals surface area contributed by atoms with Crippen molar-refractivity contribution in [2.75, 3.05) is 0 Å². The van der Waals surface area contributed by atoms with Gasteiger partial charge in [0, 0.05) is 49.2 Å². The quantitative estimate of drug-likeness (QED) is 0.186. The lowest BCUT2D eigenvalue weighted by atomic mass is 10.0. The molecule has 0 aliphatic heterocycles. The number of hydrogen-bond donors (Lipinski definition) is 0. The summed E-state index contributed by atoms with van der Waals surface area (Å²) in [6.07, 6.45) is 9.84. The first-order valence-corrected chi connectivity index (χ1v) is 17.8. The third kappa shape index (κ3) is 4.44. The van der Waals surface area contributed by atoms with E-state index in [2.05, 4.69) is 147 Å². The molecule has 6 nitrogen and oxygen atoms in total. The van der Waals surface area contributed by atoms with Crippen molar-refractivity contribution < 1.29 is 4.42 Å². The Bertz CT molecular complexity index is 3220. The van der Waals surface area contributed by atoms with Gasteiger partial charge in [-0.25, -0.2) is 4.98 Å². The smallest absolute Gasteiger partial charge is 0.236 e. The third-order valence-electron chi connectivity index (χ3n) is 10.7. The largest absolute Gasteiger partial charge is 0.438 e. The Morgan fingerprint density at radius 1 is 0.604 bits per heavy atom. The molecule has 6 aromatic carbocycles. The van der Waals surface area contributed by atoms with Crippen LogP contribution in [-0.4, -0.2) is 19.1 Å². The maximum absolute atomic E-state index is 9.72. The highest BCUT2D eigenvalue weighted by molar-refractivity contribution is 6.14. The number of furan rings is 1. The van der Waals surface area contributed by atoms with Crippen molar-refractivity contribution in [1.29, 1.82) is 5.26 Å². The van der Waals surface area contributed by atoms with E-state index in [-0.39, 0.29) is 5.82 Å². The fourth-order valence-electron chi connectivity index (χ4n) is 8.39. The number of benzene rings is 6. The zero-order valence-electron chi connectivity index (χ0n) is 28.4. The first kappa shape index (κ1) is 29.5. The van der Waals surface area contributed by atoms with E-state index in [0.29, 0.717) is 23.0 Å². The minimum absolute atomic E-state index is 0.0811. The van der Waals surface area contributed by atoms with Gasteiger partial charge in [-0.15, -0.1) is 0 Å². The standard InChI is InChI=1S/C47H29N5O/c48-28-44-49-46(29-11-3-1-4-12-29)45-38-27-33(21-24-43(38)53-47(45)50-44)52-40-18-10-8-16-35(40)37-26-31(20-23-42(37)52)30-19-22-41-36(25-30)34-15-7-9-17-39(34)51(41)32-13-5-2-6-14-32/h1-13,15-27,32H,14H2. The fourth-order valence-corrected chi connectivity index (χ4v) is 8.39. The van der Waals surface area contributed by atoms with Crippen LogP contribution in [0.5, 0.6) is 0 Å². The highest BCUT2D eigenvalue weighted by Gasteiger charge is 2.21. The van der Waals surface area contributed by atoms with Crippen molar-refractivity contribution in [1.82, 2.24) is 19.1 Å². The van der Waals surface area contributed by atoms with Crippen LogP contribution in [0.15, 0.2) is 162 Å². The summed E-state index contributed by atoms with van der Waals surface area (Å²) in [6, 6.07) is 49.6. The summed E-state index contributed by atoms with van der Waals surface area (Å²) in [5.74, 6) is 0.0811. The summed E-state index contributed by atoms with van der Waals surface area (Å²) in [7, 11) is 0. The molecule has 11 rings (SSSR count). The van der Waals surface area contributed by atoms with E-state index in [1.807, 2.05) is 36.4 Å². The molecule has 0 saturated carbocycles. The molecule has 4 aromatic heterocycles. The Morgan fingerprint density at radius 3 is 2.06 bits per heavy atom. The van der Waals surface area contributed by atoms with Crippen LogP contribution in [0.1, 0.15) is 18.3 Å². The molecule has 1 aliphatic rings. The van der Waals surface area contributed by atoms with Gasteiger partial charge in [0.2, 0.25) is 11.5 Å². The molecule has 0 saturated heterocycles. The Morgan fingerprint density at radius 2 is 1.28 bits per heavy atom. The summed E-state index contributed by atoms with van der Waals surface area (Å²) in [5.41, 5.74) is 10.8. The minimum atomic E-state index is 0.0811. The summed E-state index contributed by atoms with van der Waals surface area (Å²) in [6.45, 7) is 0. The molecule has 10 aromatic rings. The van der Waals surface area contributed by atoms with Gasteiger partial charge in [-0.3, -0.25) is 0 Å². The van der Waals surface area contributed by atoms with Crippen molar-refractivity contribution >= 4 is 65.7 Å². The van der Waals surface area contributed by atoms with Gasteiger partial charge in [0.15, 0.2) is 0 Å². The third-order valence-corrected chi connectivity index (χ3v) is 10.7. The second-order valence-electron chi connectivity index (χ2n) is 13.7. The Hall–Kier alpha value is -7.23. The van der Waals surface area contributed by atoms with E-state index >= 15 is 0 Å². The average molecular weight is 680 g/mol. The molecule has 0 spiro atoms. The molecule has 6 heteroatoms. The molecule has 0 N–H and O–H groups in total. The number of para-hydroxylation sites is 2. The number of rotatable bonds is 4. The summed E-state index contributed by atoms with van der Waals surface area (Å²) >= 11 is 0. The monoisotopic (exact) mass is 679 g/mol. The maximum atomic E-state index is 9.72. The normalized spacial score (nSPS) is 14.4. The van der Waals surface area contributed by atoms with Crippen LogP contribution in [-0.2, 0) is 0 Å². The zero-order valence-corrected chi connectivity index (χ0v) is 28.4. The van der Waals surface area contributed by atoms with Crippen molar-refractivity contribution in [3.05, 3.63) is 164 Å². The molecule has 1 aliphatic carbocycles. The summed E-state index contributed by atoms with van der Waals surface area (Å²) < 4.78 is 11.1. The average Bonchev–Trinajstić information content (AvgIpc) is 3.88. The van der Waals surface area contributed by atoms with Gasteiger partial charge < -0.3 is 13.6 Å². The lowest BCUT2D eigenvalue weighted by molar-refractivity contribution is 0.648. The number of fused-ring (bicyclic) bond motifs is 9. The van der Waals surface area contributed by atoms with Crippen LogP contribution in [0, 0.1) is 11.3 Å². The lowest BCUT2D eigenvalue weighted by Gasteiger charge is -2.18. The van der Waals surface area contributed by atoms with Gasteiger partial charge in [0.25, 0.3) is 0 Å². The first-order valence-electron chi connectivity index (χ1n) is 17.8. The Balaban J connectivity index is 1.09. The van der Waals surface area contributed by atoms with Gasteiger partial charge in [0.05, 0.1) is 28.2 Å². The fraction of sp³-hybridized carbons (Fsp3) is 0.0426. The number of nitrogens with zero attached hydrogens (tertiary/aromatic N) is 5. The number of hydrogen-bond acceptors (Lipinski definition) is 4. The molecule has 53 heavy (non-hydrogen) atoms. The topological polar surface area (TPSA) is 72.6 Å². The van der Waals surface area contributed by atoms with Crippen LogP contribution < -0.4 is 0 Å². The highest BCUT2D eigenvalue weighted by Crippen LogP contribution is 2.41. The second kappa shape index (κ2) is 11.4. The molecule has 0 amide bonds. The summed E-state index contributed by atoms with van der Waals surface area (Å²) in [4.78, 5) is 9.11. The van der Waals surface area contributed by atoms with Crippen molar-refractivity contribution in [3.8, 4) is 34.1 Å². The molecular formula is C47H29N5O. The van der Waals surface area contributed by atoms with Gasteiger partial charge >= 0.3 is 0 Å². The summed E-state index contributed by atoms with van der Waals surface area (Å²) in [5, 5.41) is 16.3. The predicted molar refractivity (Wildman–Crippen MR) is 214 cm³/mol. The zero-order chi connectivity index (χ0) is 35.0. The van der Waals surface area contributed by atoms with E-state index in [0.717, 1.165) is 39.5 Å². The van der Waals surface area contributed by atoms with Crippen LogP contribution in [0.4, 0.5) is 0 Å². The van der Waals surface area contributed by atoms with Crippen LogP contribution in [0.3, 0.4) is 0 Å². The SMILES string of the molecule is N#Cc1nc(-c2ccccc2)c2c(n1)oc1ccc(-n3c4ccccc4c4cc(-c5ccc6c(c5)c5ccccc5n6C5C=CC=CC5)ccc43)cc12. The van der Waals surface area contributed by atoms with Crippen molar-refractivity contribution in [3.63, 3.8) is 0 Å². The molecular weight excluding hydrogens is 651 g/mol. The van der Waals surface area contributed by atoms with E-state index in [9.17, 15) is 5.26 Å². The van der Waals surface area contributed by atoms with Gasteiger partial charge in [0.1, 0.15) is 11.7 Å². The molecule has 248 valence electrons. The Kier molecular flexibility index (Phi) is 6.34. The van der Waals surface area contributed by atoms with Crippen LogP contribution >= 0.6 is 0 Å². The highest BCUT2D eigenvalue weighted by atomic mass is 16.3. The number of nitriles is 1. The van der Waals surface area contributed by atoms with E-state index < -0.39 is 0 Å². The Labute approximate surface area is 303 Å².